The van der Waals surface area contributed by atoms with Crippen LogP contribution in [0.5, 0.6) is 0 Å². The van der Waals surface area contributed by atoms with Gasteiger partial charge in [-0.2, -0.15) is 0 Å². The molecule has 2 rings (SSSR count). The van der Waals surface area contributed by atoms with E-state index in [0.717, 1.165) is 18.3 Å². The van der Waals surface area contributed by atoms with Crippen molar-refractivity contribution in [3.05, 3.63) is 11.6 Å². The third-order valence-electron chi connectivity index (χ3n) is 4.48. The highest BCUT2D eigenvalue weighted by Gasteiger charge is 2.39. The number of hydrogen-bond donors (Lipinski definition) is 1. The molecule has 1 heteroatoms. The van der Waals surface area contributed by atoms with Gasteiger partial charge >= 0.3 is 0 Å². The molecule has 0 radical (unpaired) electrons. The van der Waals surface area contributed by atoms with E-state index in [0.29, 0.717) is 11.8 Å². The number of fused-ring (bicyclic) bond motifs is 1. The van der Waals surface area contributed by atoms with Crippen molar-refractivity contribution in [2.45, 2.75) is 52.6 Å². The smallest absolute Gasteiger partial charge is 0.0574 e. The molecule has 2 aliphatic rings. The molecular formula is C14H24O. The lowest BCUT2D eigenvalue weighted by Gasteiger charge is -2.44. The maximum atomic E-state index is 10.1. The second-order valence-electron chi connectivity index (χ2n) is 5.85. The quantitative estimate of drug-likeness (QED) is 0.655. The van der Waals surface area contributed by atoms with Crippen LogP contribution in [0.15, 0.2) is 11.6 Å². The monoisotopic (exact) mass is 208 g/mol. The molecule has 0 aromatic rings. The Balaban J connectivity index is 2.20. The van der Waals surface area contributed by atoms with Gasteiger partial charge in [0.1, 0.15) is 0 Å². The minimum absolute atomic E-state index is 0.0330. The molecular weight excluding hydrogens is 184 g/mol. The van der Waals surface area contributed by atoms with Gasteiger partial charge in [-0.15, -0.1) is 0 Å². The molecule has 1 nitrogen and oxygen atoms in total. The molecule has 0 aromatic carbocycles. The van der Waals surface area contributed by atoms with Crippen molar-refractivity contribution in [2.24, 2.45) is 23.7 Å². The Morgan fingerprint density at radius 3 is 2.67 bits per heavy atom. The molecule has 0 spiro atoms. The van der Waals surface area contributed by atoms with E-state index < -0.39 is 0 Å². The molecule has 0 saturated heterocycles. The topological polar surface area (TPSA) is 20.2 Å². The van der Waals surface area contributed by atoms with Crippen LogP contribution in [0.4, 0.5) is 0 Å². The molecule has 0 aliphatic heterocycles. The van der Waals surface area contributed by atoms with Crippen LogP contribution in [0.3, 0.4) is 0 Å². The lowest BCUT2D eigenvalue weighted by atomic mass is 9.63. The van der Waals surface area contributed by atoms with Crippen molar-refractivity contribution in [1.29, 1.82) is 0 Å². The Labute approximate surface area is 93.6 Å². The van der Waals surface area contributed by atoms with Crippen LogP contribution in [-0.4, -0.2) is 11.2 Å². The molecule has 1 saturated carbocycles. The van der Waals surface area contributed by atoms with Crippen molar-refractivity contribution in [3.8, 4) is 0 Å². The molecule has 1 fully saturated rings. The van der Waals surface area contributed by atoms with Gasteiger partial charge in [0.2, 0.25) is 0 Å². The highest BCUT2D eigenvalue weighted by atomic mass is 16.3. The van der Waals surface area contributed by atoms with Gasteiger partial charge in [-0.1, -0.05) is 25.5 Å². The van der Waals surface area contributed by atoms with Crippen LogP contribution in [0.2, 0.25) is 0 Å². The van der Waals surface area contributed by atoms with Crippen LogP contribution in [0.25, 0.3) is 0 Å². The Kier molecular flexibility index (Phi) is 3.20. The Hall–Kier alpha value is -0.300. The summed E-state index contributed by atoms with van der Waals surface area (Å²) in [6.45, 7) is 6.91. The SMILES string of the molecule is CC1=C[C@H]2[C@H](CC1)[C@@H](O)CC[C@@H]2C(C)C. The van der Waals surface area contributed by atoms with Crippen molar-refractivity contribution >= 4 is 0 Å². The third kappa shape index (κ3) is 2.13. The lowest BCUT2D eigenvalue weighted by Crippen LogP contribution is -2.40. The van der Waals surface area contributed by atoms with Gasteiger partial charge in [-0.25, -0.2) is 0 Å². The first-order chi connectivity index (χ1) is 7.09. The van der Waals surface area contributed by atoms with Crippen molar-refractivity contribution < 1.29 is 5.11 Å². The standard InChI is InChI=1S/C14H24O/c1-9(2)11-6-7-14(15)12-5-4-10(3)8-13(11)12/h8-9,11-15H,4-7H2,1-3H3/t11-,12+,13-,14+/m1/s1. The molecule has 1 N–H and O–H groups in total. The fraction of sp³-hybridized carbons (Fsp3) is 0.857. The molecule has 0 amide bonds. The summed E-state index contributed by atoms with van der Waals surface area (Å²) in [5.41, 5.74) is 1.54. The maximum absolute atomic E-state index is 10.1. The minimum atomic E-state index is -0.0330. The number of rotatable bonds is 1. The van der Waals surface area contributed by atoms with E-state index in [1.807, 2.05) is 0 Å². The third-order valence-corrected chi connectivity index (χ3v) is 4.48. The predicted octanol–water partition coefficient (Wildman–Crippen LogP) is 3.39. The number of aliphatic hydroxyl groups is 1. The normalized spacial score (nSPS) is 41.3. The summed E-state index contributed by atoms with van der Waals surface area (Å²) in [5.74, 6) is 2.76. The van der Waals surface area contributed by atoms with Gasteiger partial charge in [-0.3, -0.25) is 0 Å². The summed E-state index contributed by atoms with van der Waals surface area (Å²) in [6.07, 6.45) is 7.07. The number of aliphatic hydroxyl groups excluding tert-OH is 1. The molecule has 86 valence electrons. The molecule has 0 bridgehead atoms. The van der Waals surface area contributed by atoms with E-state index in [1.54, 1.807) is 0 Å². The fourth-order valence-electron chi connectivity index (χ4n) is 3.56. The fourth-order valence-corrected chi connectivity index (χ4v) is 3.56. The molecule has 0 unspecified atom stereocenters. The van der Waals surface area contributed by atoms with Crippen LogP contribution >= 0.6 is 0 Å². The van der Waals surface area contributed by atoms with E-state index in [9.17, 15) is 5.11 Å². The van der Waals surface area contributed by atoms with Crippen molar-refractivity contribution in [1.82, 2.24) is 0 Å². The van der Waals surface area contributed by atoms with Crippen molar-refractivity contribution in [3.63, 3.8) is 0 Å². The van der Waals surface area contributed by atoms with Gasteiger partial charge in [0.05, 0.1) is 6.10 Å². The summed E-state index contributed by atoms with van der Waals surface area (Å²) in [7, 11) is 0. The van der Waals surface area contributed by atoms with Crippen LogP contribution < -0.4 is 0 Å². The summed E-state index contributed by atoms with van der Waals surface area (Å²) >= 11 is 0. The first kappa shape index (κ1) is 11.2. The zero-order chi connectivity index (χ0) is 11.0. The molecule has 0 aromatic heterocycles. The average molecular weight is 208 g/mol. The molecule has 2 aliphatic carbocycles. The highest BCUT2D eigenvalue weighted by molar-refractivity contribution is 5.11. The van der Waals surface area contributed by atoms with Crippen molar-refractivity contribution in [2.75, 3.05) is 0 Å². The zero-order valence-electron chi connectivity index (χ0n) is 10.2. The zero-order valence-corrected chi connectivity index (χ0v) is 10.2. The van der Waals surface area contributed by atoms with Gasteiger partial charge < -0.3 is 5.11 Å². The van der Waals surface area contributed by atoms with Gasteiger partial charge in [-0.05, 0) is 56.3 Å². The molecule has 4 atom stereocenters. The first-order valence-electron chi connectivity index (χ1n) is 6.45. The van der Waals surface area contributed by atoms with E-state index in [-0.39, 0.29) is 6.10 Å². The second kappa shape index (κ2) is 4.29. The van der Waals surface area contributed by atoms with E-state index in [4.69, 9.17) is 0 Å². The summed E-state index contributed by atoms with van der Waals surface area (Å²) in [6, 6.07) is 0. The van der Waals surface area contributed by atoms with E-state index in [2.05, 4.69) is 26.8 Å². The van der Waals surface area contributed by atoms with Crippen LogP contribution in [0.1, 0.15) is 46.5 Å². The Bertz CT molecular complexity index is 254. The Morgan fingerprint density at radius 1 is 1.27 bits per heavy atom. The lowest BCUT2D eigenvalue weighted by molar-refractivity contribution is -0.000989. The first-order valence-corrected chi connectivity index (χ1v) is 6.45. The van der Waals surface area contributed by atoms with Gasteiger partial charge in [0.25, 0.3) is 0 Å². The summed E-state index contributed by atoms with van der Waals surface area (Å²) in [4.78, 5) is 0. The minimum Gasteiger partial charge on any atom is -0.393 e. The Morgan fingerprint density at radius 2 is 2.00 bits per heavy atom. The number of allylic oxidation sites excluding steroid dienone is 2. The number of hydrogen-bond acceptors (Lipinski definition) is 1. The largest absolute Gasteiger partial charge is 0.393 e. The van der Waals surface area contributed by atoms with Gasteiger partial charge in [0.15, 0.2) is 0 Å². The molecule has 15 heavy (non-hydrogen) atoms. The van der Waals surface area contributed by atoms with E-state index in [1.165, 1.54) is 24.8 Å². The predicted molar refractivity (Wildman–Crippen MR) is 63.5 cm³/mol. The molecule has 0 heterocycles. The maximum Gasteiger partial charge on any atom is 0.0574 e. The van der Waals surface area contributed by atoms with Crippen LogP contribution in [-0.2, 0) is 0 Å². The second-order valence-corrected chi connectivity index (χ2v) is 5.85. The van der Waals surface area contributed by atoms with Crippen LogP contribution in [0, 0.1) is 23.7 Å². The van der Waals surface area contributed by atoms with Gasteiger partial charge in [0, 0.05) is 0 Å². The summed E-state index contributed by atoms with van der Waals surface area (Å²) < 4.78 is 0. The summed E-state index contributed by atoms with van der Waals surface area (Å²) in [5, 5.41) is 10.1. The average Bonchev–Trinajstić information content (AvgIpc) is 2.17. The highest BCUT2D eigenvalue weighted by Crippen LogP contribution is 2.45. The van der Waals surface area contributed by atoms with E-state index >= 15 is 0 Å².